The van der Waals surface area contributed by atoms with Crippen LogP contribution < -0.4 is 5.46 Å². The molecule has 2 nitrogen and oxygen atoms in total. The van der Waals surface area contributed by atoms with Gasteiger partial charge in [-0.3, -0.25) is 0 Å². The molecule has 0 spiro atoms. The lowest BCUT2D eigenvalue weighted by molar-refractivity contribution is 0.143. The lowest BCUT2D eigenvalue weighted by atomic mass is 9.70. The summed E-state index contributed by atoms with van der Waals surface area (Å²) in [6.07, 6.45) is 2.48. The minimum absolute atomic E-state index is 0.217. The van der Waals surface area contributed by atoms with Crippen LogP contribution in [-0.2, 0) is 21.9 Å². The van der Waals surface area contributed by atoms with Gasteiger partial charge in [-0.25, -0.2) is 0 Å². The van der Waals surface area contributed by atoms with Gasteiger partial charge < -0.3 is 9.31 Å². The summed E-state index contributed by atoms with van der Waals surface area (Å²) in [6.45, 7) is 3.60. The van der Waals surface area contributed by atoms with Crippen LogP contribution >= 0.6 is 0 Å². The normalized spacial score (nSPS) is 15.9. The van der Waals surface area contributed by atoms with Crippen LogP contribution in [0.3, 0.4) is 0 Å². The third kappa shape index (κ3) is 3.40. The SMILES string of the molecule is [B]Cc1cc(C[B]C)cc(B2OCCCO2)c1. The molecule has 0 atom stereocenters. The summed E-state index contributed by atoms with van der Waals surface area (Å²) in [7, 11) is 7.65. The van der Waals surface area contributed by atoms with Crippen molar-refractivity contribution in [2.24, 2.45) is 0 Å². The van der Waals surface area contributed by atoms with E-state index in [2.05, 4.69) is 32.3 Å². The Kier molecular flexibility index (Phi) is 4.75. The summed E-state index contributed by atoms with van der Waals surface area (Å²) in [5.74, 6) is 0. The Morgan fingerprint density at radius 1 is 1.24 bits per heavy atom. The predicted molar refractivity (Wildman–Crippen MR) is 73.1 cm³/mol. The average Bonchev–Trinajstić information content (AvgIpc) is 2.40. The minimum atomic E-state index is -0.217. The Hall–Kier alpha value is -0.665. The van der Waals surface area contributed by atoms with Crippen LogP contribution in [0.4, 0.5) is 0 Å². The Bertz CT molecular complexity index is 365. The fourth-order valence-corrected chi connectivity index (χ4v) is 2.08. The van der Waals surface area contributed by atoms with Gasteiger partial charge in [0.05, 0.1) is 7.85 Å². The number of hydrogen-bond donors (Lipinski definition) is 0. The first-order valence-electron chi connectivity index (χ1n) is 6.17. The van der Waals surface area contributed by atoms with Gasteiger partial charge in [-0.15, -0.1) is 0 Å². The molecule has 0 amide bonds. The van der Waals surface area contributed by atoms with Crippen LogP contribution in [0.2, 0.25) is 6.82 Å². The first-order chi connectivity index (χ1) is 8.33. The fourth-order valence-electron chi connectivity index (χ4n) is 2.08. The highest BCUT2D eigenvalue weighted by atomic mass is 16.6. The van der Waals surface area contributed by atoms with Gasteiger partial charge in [0, 0.05) is 13.2 Å². The van der Waals surface area contributed by atoms with Crippen molar-refractivity contribution in [3.05, 3.63) is 29.3 Å². The van der Waals surface area contributed by atoms with Crippen LogP contribution in [-0.4, -0.2) is 35.5 Å². The molecule has 1 aromatic carbocycles. The maximum Gasteiger partial charge on any atom is 0.493 e. The van der Waals surface area contributed by atoms with Crippen LogP contribution in [0, 0.1) is 0 Å². The van der Waals surface area contributed by atoms with Crippen LogP contribution in [0.25, 0.3) is 0 Å². The molecule has 0 saturated carbocycles. The zero-order valence-corrected chi connectivity index (χ0v) is 10.3. The van der Waals surface area contributed by atoms with E-state index < -0.39 is 0 Å². The van der Waals surface area contributed by atoms with Gasteiger partial charge in [0.25, 0.3) is 0 Å². The standard InChI is InChI=1S/C12H16B3O2/c1-14-9-11-5-10(8-13)6-12(7-11)15-16-3-2-4-17-15/h5-7H,2-4,8-9H2,1H3. The zero-order valence-electron chi connectivity index (χ0n) is 10.3. The molecule has 1 saturated heterocycles. The van der Waals surface area contributed by atoms with Crippen LogP contribution in [0.1, 0.15) is 17.5 Å². The Morgan fingerprint density at radius 2 is 1.94 bits per heavy atom. The van der Waals surface area contributed by atoms with Crippen molar-refractivity contribution in [1.29, 1.82) is 0 Å². The van der Waals surface area contributed by atoms with E-state index in [1.54, 1.807) is 0 Å². The van der Waals surface area contributed by atoms with E-state index >= 15 is 0 Å². The molecule has 0 aliphatic carbocycles. The quantitative estimate of drug-likeness (QED) is 0.703. The summed E-state index contributed by atoms with van der Waals surface area (Å²) in [5.41, 5.74) is 3.49. The topological polar surface area (TPSA) is 18.5 Å². The molecule has 0 aromatic heterocycles. The molecule has 1 fully saturated rings. The van der Waals surface area contributed by atoms with Crippen LogP contribution in [0.5, 0.6) is 0 Å². The highest BCUT2D eigenvalue weighted by Crippen LogP contribution is 2.08. The van der Waals surface area contributed by atoms with Gasteiger partial charge in [-0.05, 0) is 11.9 Å². The van der Waals surface area contributed by atoms with Gasteiger partial charge in [0.2, 0.25) is 0 Å². The molecule has 0 N–H and O–H groups in total. The van der Waals surface area contributed by atoms with E-state index in [1.165, 1.54) is 5.56 Å². The summed E-state index contributed by atoms with van der Waals surface area (Å²) in [6, 6.07) is 6.37. The largest absolute Gasteiger partial charge is 0.493 e. The number of hydrogen-bond acceptors (Lipinski definition) is 2. The number of rotatable bonds is 4. The molecule has 2 rings (SSSR count). The zero-order chi connectivity index (χ0) is 12.1. The van der Waals surface area contributed by atoms with E-state index in [4.69, 9.17) is 17.2 Å². The van der Waals surface area contributed by atoms with E-state index in [9.17, 15) is 0 Å². The Morgan fingerprint density at radius 3 is 2.59 bits per heavy atom. The molecule has 85 valence electrons. The average molecular weight is 225 g/mol. The van der Waals surface area contributed by atoms with Crippen molar-refractivity contribution >= 4 is 27.7 Å². The third-order valence-corrected chi connectivity index (χ3v) is 2.85. The Balaban J connectivity index is 2.21. The first kappa shape index (κ1) is 12.8. The van der Waals surface area contributed by atoms with Crippen molar-refractivity contribution in [1.82, 2.24) is 0 Å². The second kappa shape index (κ2) is 6.32. The molecule has 1 heterocycles. The molecular formula is C12H16B3O2. The van der Waals surface area contributed by atoms with E-state index in [0.717, 1.165) is 37.0 Å². The Labute approximate surface area is 106 Å². The molecule has 1 aliphatic rings. The molecule has 0 bridgehead atoms. The summed E-state index contributed by atoms with van der Waals surface area (Å²) in [5, 5.41) is 0. The second-order valence-electron chi connectivity index (χ2n) is 4.33. The molecule has 3 radical (unpaired) electrons. The van der Waals surface area contributed by atoms with Gasteiger partial charge in [0.1, 0.15) is 7.28 Å². The van der Waals surface area contributed by atoms with Crippen molar-refractivity contribution in [3.8, 4) is 0 Å². The fraction of sp³-hybridized carbons (Fsp3) is 0.500. The van der Waals surface area contributed by atoms with E-state index in [1.807, 2.05) is 0 Å². The van der Waals surface area contributed by atoms with Gasteiger partial charge in [-0.1, -0.05) is 48.8 Å². The predicted octanol–water partition coefficient (Wildman–Crippen LogP) is 0.739. The van der Waals surface area contributed by atoms with Crippen molar-refractivity contribution in [2.75, 3.05) is 13.2 Å². The van der Waals surface area contributed by atoms with Crippen molar-refractivity contribution < 1.29 is 9.31 Å². The number of benzene rings is 1. The first-order valence-corrected chi connectivity index (χ1v) is 6.17. The maximum atomic E-state index is 5.72. The summed E-state index contributed by atoms with van der Waals surface area (Å²) >= 11 is 0. The van der Waals surface area contributed by atoms with Crippen molar-refractivity contribution in [2.45, 2.75) is 25.9 Å². The minimum Gasteiger partial charge on any atom is -0.407 e. The monoisotopic (exact) mass is 225 g/mol. The molecule has 0 unspecified atom stereocenters. The lowest BCUT2D eigenvalue weighted by Crippen LogP contribution is -2.41. The van der Waals surface area contributed by atoms with Gasteiger partial charge in [0.15, 0.2) is 0 Å². The van der Waals surface area contributed by atoms with Gasteiger partial charge in [-0.2, -0.15) is 0 Å². The van der Waals surface area contributed by atoms with E-state index in [0.29, 0.717) is 6.32 Å². The molecule has 1 aliphatic heterocycles. The van der Waals surface area contributed by atoms with E-state index in [-0.39, 0.29) is 7.12 Å². The summed E-state index contributed by atoms with van der Waals surface area (Å²) in [4.78, 5) is 0. The third-order valence-electron chi connectivity index (χ3n) is 2.85. The molecule has 5 heteroatoms. The second-order valence-corrected chi connectivity index (χ2v) is 4.33. The van der Waals surface area contributed by atoms with Crippen LogP contribution in [0.15, 0.2) is 18.2 Å². The highest BCUT2D eigenvalue weighted by Gasteiger charge is 2.24. The molecule has 1 aromatic rings. The molecule has 17 heavy (non-hydrogen) atoms. The lowest BCUT2D eigenvalue weighted by Gasteiger charge is -2.21. The molecular weight excluding hydrogens is 209 g/mol. The smallest absolute Gasteiger partial charge is 0.407 e. The van der Waals surface area contributed by atoms with Crippen molar-refractivity contribution in [3.63, 3.8) is 0 Å². The summed E-state index contributed by atoms with van der Waals surface area (Å²) < 4.78 is 11.2. The highest BCUT2D eigenvalue weighted by molar-refractivity contribution is 6.61. The van der Waals surface area contributed by atoms with Gasteiger partial charge >= 0.3 is 7.12 Å². The maximum absolute atomic E-state index is 5.72.